The van der Waals surface area contributed by atoms with Crippen LogP contribution in [-0.2, 0) is 0 Å². The van der Waals surface area contributed by atoms with Gasteiger partial charge in [-0.25, -0.2) is 9.97 Å². The Labute approximate surface area is 215 Å². The fourth-order valence-electron chi connectivity index (χ4n) is 3.31. The lowest BCUT2D eigenvalue weighted by Gasteiger charge is -2.07. The number of H-pyrrole nitrogens is 1. The minimum absolute atomic E-state index is 0. The summed E-state index contributed by atoms with van der Waals surface area (Å²) in [6, 6.07) is 19.8. The van der Waals surface area contributed by atoms with E-state index in [4.69, 9.17) is 10.7 Å². The maximum absolute atomic E-state index is 5.64. The number of rotatable bonds is 5. The van der Waals surface area contributed by atoms with E-state index in [2.05, 4.69) is 30.6 Å². The second-order valence-corrected chi connectivity index (χ2v) is 7.13. The van der Waals surface area contributed by atoms with Crippen LogP contribution in [0.15, 0.2) is 73.1 Å². The molecule has 0 aliphatic heterocycles. The fraction of sp³-hybridized carbons (Fsp3) is 0.0435. The molecule has 5 aromatic rings. The number of halogens is 3. The van der Waals surface area contributed by atoms with Crippen molar-refractivity contribution in [2.45, 2.75) is 6.92 Å². The molecule has 176 valence electrons. The van der Waals surface area contributed by atoms with E-state index in [0.29, 0.717) is 5.82 Å². The molecule has 3 heterocycles. The lowest BCUT2D eigenvalue weighted by molar-refractivity contribution is 1.18. The van der Waals surface area contributed by atoms with Crippen LogP contribution in [0, 0.1) is 6.92 Å². The number of nitrogen functional groups attached to an aromatic ring is 1. The van der Waals surface area contributed by atoms with Crippen molar-refractivity contribution in [1.29, 1.82) is 0 Å². The maximum Gasteiger partial charge on any atom is 0.221 e. The van der Waals surface area contributed by atoms with E-state index in [1.807, 2.05) is 61.5 Å². The summed E-state index contributed by atoms with van der Waals surface area (Å²) < 4.78 is 0. The molecule has 5 N–H and O–H groups in total. The lowest BCUT2D eigenvalue weighted by Crippen LogP contribution is -1.98. The summed E-state index contributed by atoms with van der Waals surface area (Å²) in [6.45, 7) is 1.97. The summed E-state index contributed by atoms with van der Waals surface area (Å²) in [6.07, 6.45) is 3.41. The highest BCUT2D eigenvalue weighted by Gasteiger charge is 2.07. The lowest BCUT2D eigenvalue weighted by atomic mass is 10.2. The van der Waals surface area contributed by atoms with Gasteiger partial charge in [-0.3, -0.25) is 4.98 Å². The summed E-state index contributed by atoms with van der Waals surface area (Å²) in [5.41, 5.74) is 12.3. The van der Waals surface area contributed by atoms with Crippen LogP contribution in [0.4, 0.5) is 28.8 Å². The summed E-state index contributed by atoms with van der Waals surface area (Å²) in [4.78, 5) is 20.4. The predicted octanol–water partition coefficient (Wildman–Crippen LogP) is 6.06. The normalized spacial score (nSPS) is 9.91. The third-order valence-corrected chi connectivity index (χ3v) is 4.77. The zero-order chi connectivity index (χ0) is 21.2. The molecule has 0 spiro atoms. The molecule has 0 saturated heterocycles. The fourth-order valence-corrected chi connectivity index (χ4v) is 3.31. The Morgan fingerprint density at radius 2 is 1.44 bits per heavy atom. The zero-order valence-electron chi connectivity index (χ0n) is 18.0. The van der Waals surface area contributed by atoms with Gasteiger partial charge >= 0.3 is 0 Å². The number of nitrogens with one attached hydrogen (secondary N) is 3. The molecular formula is C23H23Cl3N8. The Kier molecular flexibility index (Phi) is 9.03. The second-order valence-electron chi connectivity index (χ2n) is 7.13. The quantitative estimate of drug-likeness (QED) is 0.224. The van der Waals surface area contributed by atoms with Crippen LogP contribution in [-0.4, -0.2) is 24.9 Å². The molecule has 0 radical (unpaired) electrons. The van der Waals surface area contributed by atoms with Crippen molar-refractivity contribution < 1.29 is 0 Å². The van der Waals surface area contributed by atoms with Crippen LogP contribution >= 0.6 is 37.2 Å². The third-order valence-electron chi connectivity index (χ3n) is 4.77. The van der Waals surface area contributed by atoms with Gasteiger partial charge in [-0.05, 0) is 67.6 Å². The molecule has 34 heavy (non-hydrogen) atoms. The highest BCUT2D eigenvalue weighted by molar-refractivity contribution is 5.86. The first-order valence-electron chi connectivity index (χ1n) is 9.78. The number of aromatic amines is 1. The van der Waals surface area contributed by atoms with Crippen molar-refractivity contribution >= 4 is 77.1 Å². The Bertz CT molecular complexity index is 1370. The van der Waals surface area contributed by atoms with Gasteiger partial charge < -0.3 is 21.4 Å². The topological polar surface area (TPSA) is 117 Å². The van der Waals surface area contributed by atoms with Crippen molar-refractivity contribution in [3.63, 3.8) is 0 Å². The Balaban J connectivity index is 0.00000136. The van der Waals surface area contributed by atoms with Gasteiger partial charge in [0.25, 0.3) is 0 Å². The summed E-state index contributed by atoms with van der Waals surface area (Å²) >= 11 is 0. The third kappa shape index (κ3) is 6.05. The average molecular weight is 518 g/mol. The number of anilines is 5. The number of hydrogen-bond donors (Lipinski definition) is 4. The van der Waals surface area contributed by atoms with Crippen molar-refractivity contribution in [3.05, 3.63) is 78.8 Å². The van der Waals surface area contributed by atoms with E-state index < -0.39 is 0 Å². The summed E-state index contributed by atoms with van der Waals surface area (Å²) in [5.74, 6) is 1.67. The van der Waals surface area contributed by atoms with Crippen LogP contribution in [0.1, 0.15) is 5.69 Å². The van der Waals surface area contributed by atoms with Crippen molar-refractivity contribution in [3.8, 4) is 11.4 Å². The summed E-state index contributed by atoms with van der Waals surface area (Å²) in [7, 11) is 0. The Morgan fingerprint density at radius 3 is 2.18 bits per heavy atom. The van der Waals surface area contributed by atoms with Crippen LogP contribution in [0.3, 0.4) is 0 Å². The Hall–Kier alpha value is -3.59. The largest absolute Gasteiger partial charge is 0.368 e. The maximum atomic E-state index is 5.64. The van der Waals surface area contributed by atoms with Gasteiger partial charge in [0, 0.05) is 40.7 Å². The number of benzene rings is 2. The van der Waals surface area contributed by atoms with E-state index in [9.17, 15) is 0 Å². The van der Waals surface area contributed by atoms with Gasteiger partial charge in [0.05, 0.1) is 11.0 Å². The standard InChI is InChI=1S/C23H20N8.3ClH/c1-14-12-18(8-10-25-14)27-16-4-2-15(3-5-16)22-29-19-7-6-17(13-20(19)30-22)28-21-9-11-26-23(24)31-21;;;/h2-13H,1H3,(H,25,27)(H,29,30)(H3,24,26,28,31);3*1H. The molecule has 2 aromatic carbocycles. The van der Waals surface area contributed by atoms with Crippen molar-refractivity contribution in [2.75, 3.05) is 16.4 Å². The highest BCUT2D eigenvalue weighted by Crippen LogP contribution is 2.26. The molecule has 0 atom stereocenters. The number of nitrogens with zero attached hydrogens (tertiary/aromatic N) is 4. The Morgan fingerprint density at radius 1 is 0.735 bits per heavy atom. The number of fused-ring (bicyclic) bond motifs is 1. The first kappa shape index (κ1) is 26.7. The number of imidazole rings is 1. The SMILES string of the molecule is Cc1cc(Nc2ccc(-c3nc4cc(Nc5ccnc(N)n5)ccc4[nH]3)cc2)ccn1.Cl.Cl.Cl. The highest BCUT2D eigenvalue weighted by atomic mass is 35.5. The summed E-state index contributed by atoms with van der Waals surface area (Å²) in [5, 5.41) is 6.61. The molecule has 0 amide bonds. The van der Waals surface area contributed by atoms with Crippen molar-refractivity contribution in [2.24, 2.45) is 0 Å². The number of hydrogen-bond acceptors (Lipinski definition) is 7. The minimum Gasteiger partial charge on any atom is -0.368 e. The number of aromatic nitrogens is 5. The molecular weight excluding hydrogens is 495 g/mol. The first-order chi connectivity index (χ1) is 15.1. The monoisotopic (exact) mass is 516 g/mol. The first-order valence-corrected chi connectivity index (χ1v) is 9.78. The zero-order valence-corrected chi connectivity index (χ0v) is 20.5. The molecule has 3 aromatic heterocycles. The van der Waals surface area contributed by atoms with Gasteiger partial charge in [0.15, 0.2) is 0 Å². The van der Waals surface area contributed by atoms with Gasteiger partial charge in [-0.15, -0.1) is 37.2 Å². The molecule has 0 fully saturated rings. The second kappa shape index (κ2) is 11.5. The van der Waals surface area contributed by atoms with Gasteiger partial charge in [-0.1, -0.05) is 0 Å². The molecule has 5 rings (SSSR count). The molecule has 0 aliphatic rings. The van der Waals surface area contributed by atoms with Gasteiger partial charge in [0.1, 0.15) is 11.6 Å². The van der Waals surface area contributed by atoms with E-state index in [1.165, 1.54) is 0 Å². The van der Waals surface area contributed by atoms with Crippen LogP contribution in [0.2, 0.25) is 0 Å². The number of nitrogens with two attached hydrogens (primary N) is 1. The van der Waals surface area contributed by atoms with Crippen molar-refractivity contribution in [1.82, 2.24) is 24.9 Å². The minimum atomic E-state index is 0. The smallest absolute Gasteiger partial charge is 0.221 e. The van der Waals surface area contributed by atoms with E-state index in [1.54, 1.807) is 18.5 Å². The average Bonchev–Trinajstić information content (AvgIpc) is 3.18. The van der Waals surface area contributed by atoms with Crippen LogP contribution < -0.4 is 16.4 Å². The van der Waals surface area contributed by atoms with Gasteiger partial charge in [0.2, 0.25) is 5.95 Å². The molecule has 0 unspecified atom stereocenters. The van der Waals surface area contributed by atoms with E-state index >= 15 is 0 Å². The molecule has 0 bridgehead atoms. The number of aryl methyl sites for hydroxylation is 1. The predicted molar refractivity (Wildman–Crippen MR) is 145 cm³/mol. The van der Waals surface area contributed by atoms with Gasteiger partial charge in [-0.2, -0.15) is 4.98 Å². The number of pyridine rings is 1. The van der Waals surface area contributed by atoms with E-state index in [0.717, 1.165) is 45.2 Å². The van der Waals surface area contributed by atoms with Crippen LogP contribution in [0.5, 0.6) is 0 Å². The molecule has 0 saturated carbocycles. The van der Waals surface area contributed by atoms with E-state index in [-0.39, 0.29) is 43.2 Å². The van der Waals surface area contributed by atoms with Crippen LogP contribution in [0.25, 0.3) is 22.4 Å². The molecule has 8 nitrogen and oxygen atoms in total. The molecule has 11 heteroatoms. The molecule has 0 aliphatic carbocycles.